The van der Waals surface area contributed by atoms with Crippen LogP contribution in [0.2, 0.25) is 0 Å². The summed E-state index contributed by atoms with van der Waals surface area (Å²) in [5.41, 5.74) is 0.863. The molecule has 1 fully saturated rings. The maximum absolute atomic E-state index is 12.8. The van der Waals surface area contributed by atoms with Gasteiger partial charge in [-0.05, 0) is 48.6 Å². The van der Waals surface area contributed by atoms with Crippen LogP contribution in [-0.2, 0) is 4.79 Å². The Hall–Kier alpha value is -1.95. The highest BCUT2D eigenvalue weighted by molar-refractivity contribution is 7.22. The first kappa shape index (κ1) is 14.6. The van der Waals surface area contributed by atoms with E-state index in [4.69, 9.17) is 4.74 Å². The molecule has 1 amide bonds. The standard InChI is InChI=1S/C17H19N2O3S/c1-3-12-15(20)18(9-10-4-5-10)17-19(16(12)21)13-7-6-11(22-2)8-14(13)23-17/h6-8,10,12H,3-5,9H2,1-2H3/q+1. The number of amides is 1. The molecule has 5 nitrogen and oxygen atoms in total. The van der Waals surface area contributed by atoms with E-state index in [9.17, 15) is 9.59 Å². The molecule has 1 aliphatic heterocycles. The molecule has 0 bridgehead atoms. The second-order valence-electron chi connectivity index (χ2n) is 6.24. The number of hydrogen-bond donors (Lipinski definition) is 0. The molecule has 6 heteroatoms. The lowest BCUT2D eigenvalue weighted by Gasteiger charge is -2.23. The van der Waals surface area contributed by atoms with E-state index in [1.165, 1.54) is 24.2 Å². The summed E-state index contributed by atoms with van der Waals surface area (Å²) in [4.78, 5) is 27.4. The molecule has 2 heterocycles. The second kappa shape index (κ2) is 5.30. The van der Waals surface area contributed by atoms with E-state index in [2.05, 4.69) is 0 Å². The normalized spacial score (nSPS) is 21.0. The van der Waals surface area contributed by atoms with Crippen LogP contribution >= 0.6 is 11.3 Å². The van der Waals surface area contributed by atoms with Crippen LogP contribution in [0.5, 0.6) is 5.75 Å². The fourth-order valence-electron chi connectivity index (χ4n) is 3.14. The molecule has 23 heavy (non-hydrogen) atoms. The van der Waals surface area contributed by atoms with Crippen LogP contribution in [0, 0.1) is 11.8 Å². The highest BCUT2D eigenvalue weighted by atomic mass is 32.1. The zero-order chi connectivity index (χ0) is 16.1. The molecule has 2 aliphatic rings. The lowest BCUT2D eigenvalue weighted by molar-refractivity contribution is -0.533. The van der Waals surface area contributed by atoms with Gasteiger partial charge in [-0.15, -0.1) is 4.57 Å². The summed E-state index contributed by atoms with van der Waals surface area (Å²) in [6.45, 7) is 2.63. The van der Waals surface area contributed by atoms with E-state index >= 15 is 0 Å². The van der Waals surface area contributed by atoms with Crippen LogP contribution in [0.4, 0.5) is 5.13 Å². The first-order chi connectivity index (χ1) is 11.1. The molecular formula is C17H19N2O3S+. The lowest BCUT2D eigenvalue weighted by Crippen LogP contribution is -2.60. The summed E-state index contributed by atoms with van der Waals surface area (Å²) in [5, 5.41) is 0.750. The van der Waals surface area contributed by atoms with Gasteiger partial charge in [-0.3, -0.25) is 0 Å². The topological polar surface area (TPSA) is 50.5 Å². The number of ether oxygens (including phenoxy) is 1. The van der Waals surface area contributed by atoms with E-state index in [0.29, 0.717) is 12.3 Å². The van der Waals surface area contributed by atoms with Crippen molar-refractivity contribution in [2.45, 2.75) is 26.2 Å². The van der Waals surface area contributed by atoms with Gasteiger partial charge in [0.25, 0.3) is 0 Å². The van der Waals surface area contributed by atoms with Gasteiger partial charge in [0, 0.05) is 6.07 Å². The van der Waals surface area contributed by atoms with Crippen molar-refractivity contribution in [3.63, 3.8) is 0 Å². The van der Waals surface area contributed by atoms with E-state index in [-0.39, 0.29) is 11.8 Å². The average Bonchev–Trinajstić information content (AvgIpc) is 3.29. The third-order valence-corrected chi connectivity index (χ3v) is 5.79. The molecule has 1 atom stereocenters. The summed E-state index contributed by atoms with van der Waals surface area (Å²) in [6, 6.07) is 5.70. The molecule has 4 rings (SSSR count). The number of methoxy groups -OCH3 is 1. The van der Waals surface area contributed by atoms with Crippen LogP contribution < -0.4 is 14.2 Å². The van der Waals surface area contributed by atoms with Gasteiger partial charge in [-0.1, -0.05) is 6.92 Å². The van der Waals surface area contributed by atoms with Gasteiger partial charge >= 0.3 is 16.9 Å². The number of carbonyl (C=O) groups is 2. The number of thiazole rings is 1. The average molecular weight is 331 g/mol. The van der Waals surface area contributed by atoms with Crippen LogP contribution in [-0.4, -0.2) is 25.5 Å². The van der Waals surface area contributed by atoms with Crippen LogP contribution in [0.3, 0.4) is 0 Å². The predicted molar refractivity (Wildman–Crippen MR) is 88.1 cm³/mol. The molecule has 120 valence electrons. The number of nitrogens with zero attached hydrogens (tertiary/aromatic N) is 2. The van der Waals surface area contributed by atoms with Gasteiger partial charge in [-0.2, -0.15) is 4.90 Å². The first-order valence-electron chi connectivity index (χ1n) is 8.02. The van der Waals surface area contributed by atoms with Crippen LogP contribution in [0.25, 0.3) is 10.2 Å². The van der Waals surface area contributed by atoms with Gasteiger partial charge in [0.05, 0.1) is 18.4 Å². The Morgan fingerprint density at radius 3 is 2.78 bits per heavy atom. The molecule has 0 saturated heterocycles. The van der Waals surface area contributed by atoms with E-state index in [0.717, 1.165) is 27.6 Å². The monoisotopic (exact) mass is 331 g/mol. The maximum atomic E-state index is 12.8. The molecule has 0 N–H and O–H groups in total. The zero-order valence-corrected chi connectivity index (χ0v) is 14.1. The van der Waals surface area contributed by atoms with Crippen molar-refractivity contribution < 1.29 is 18.9 Å². The summed E-state index contributed by atoms with van der Waals surface area (Å²) < 4.78 is 7.98. The smallest absolute Gasteiger partial charge is 0.352 e. The number of anilines is 1. The Kier molecular flexibility index (Phi) is 3.37. The van der Waals surface area contributed by atoms with Gasteiger partial charge in [0.1, 0.15) is 5.75 Å². The largest absolute Gasteiger partial charge is 0.497 e. The van der Waals surface area contributed by atoms with Gasteiger partial charge < -0.3 is 4.74 Å². The number of fused-ring (bicyclic) bond motifs is 3. The molecule has 1 aromatic carbocycles. The van der Waals surface area contributed by atoms with Crippen LogP contribution in [0.15, 0.2) is 18.2 Å². The van der Waals surface area contributed by atoms with Gasteiger partial charge in [-0.25, -0.2) is 9.59 Å². The van der Waals surface area contributed by atoms with Gasteiger partial charge in [0.2, 0.25) is 0 Å². The molecule has 1 saturated carbocycles. The van der Waals surface area contributed by atoms with E-state index in [1.807, 2.05) is 30.0 Å². The quantitative estimate of drug-likeness (QED) is 0.639. The van der Waals surface area contributed by atoms with Crippen molar-refractivity contribution in [3.8, 4) is 5.75 Å². The Balaban J connectivity index is 1.90. The third-order valence-electron chi connectivity index (χ3n) is 4.66. The van der Waals surface area contributed by atoms with Crippen LogP contribution in [0.1, 0.15) is 31.0 Å². The minimum atomic E-state index is -0.564. The Morgan fingerprint density at radius 1 is 1.35 bits per heavy atom. The highest BCUT2D eigenvalue weighted by Gasteiger charge is 2.49. The van der Waals surface area contributed by atoms with Crippen molar-refractivity contribution in [3.05, 3.63) is 18.2 Å². The molecule has 2 aromatic rings. The molecule has 1 aliphatic carbocycles. The fraction of sp³-hybridized carbons (Fsp3) is 0.471. The zero-order valence-electron chi connectivity index (χ0n) is 13.2. The fourth-order valence-corrected chi connectivity index (χ4v) is 4.33. The van der Waals surface area contributed by atoms with Crippen molar-refractivity contribution in [2.75, 3.05) is 18.6 Å². The number of hydrogen-bond acceptors (Lipinski definition) is 4. The molecule has 0 spiro atoms. The summed E-state index contributed by atoms with van der Waals surface area (Å²) in [7, 11) is 1.63. The molecule has 0 radical (unpaired) electrons. The maximum Gasteiger partial charge on any atom is 0.352 e. The van der Waals surface area contributed by atoms with Crippen molar-refractivity contribution in [1.29, 1.82) is 0 Å². The summed E-state index contributed by atoms with van der Waals surface area (Å²) >= 11 is 1.49. The first-order valence-corrected chi connectivity index (χ1v) is 8.84. The minimum Gasteiger partial charge on any atom is -0.497 e. The minimum absolute atomic E-state index is 0.0390. The lowest BCUT2D eigenvalue weighted by atomic mass is 10.0. The number of carbonyl (C=O) groups excluding carboxylic acids is 2. The number of rotatable bonds is 4. The van der Waals surface area contributed by atoms with Crippen molar-refractivity contribution in [2.24, 2.45) is 11.8 Å². The van der Waals surface area contributed by atoms with Crippen molar-refractivity contribution >= 4 is 38.5 Å². The predicted octanol–water partition coefficient (Wildman–Crippen LogP) is 2.62. The Bertz CT molecular complexity index is 810. The van der Waals surface area contributed by atoms with Crippen molar-refractivity contribution in [1.82, 2.24) is 0 Å². The summed E-state index contributed by atoms with van der Waals surface area (Å²) in [6.07, 6.45) is 2.89. The molecular weight excluding hydrogens is 312 g/mol. The molecule has 1 aromatic heterocycles. The summed E-state index contributed by atoms with van der Waals surface area (Å²) in [5.74, 6) is 0.638. The van der Waals surface area contributed by atoms with Gasteiger partial charge in [0.15, 0.2) is 11.4 Å². The number of aromatic nitrogens is 1. The Morgan fingerprint density at radius 2 is 2.13 bits per heavy atom. The van der Waals surface area contributed by atoms with E-state index in [1.54, 1.807) is 11.7 Å². The third kappa shape index (κ3) is 2.24. The molecule has 1 unspecified atom stereocenters. The number of benzene rings is 1. The second-order valence-corrected chi connectivity index (χ2v) is 7.25. The highest BCUT2D eigenvalue weighted by Crippen LogP contribution is 2.37. The Labute approximate surface area is 138 Å². The van der Waals surface area contributed by atoms with E-state index < -0.39 is 5.92 Å². The SMILES string of the molecule is CCC1C(=O)N(CC2CC2)c2sc3cc(OC)ccc3[n+]2C1=O.